The fourth-order valence-electron chi connectivity index (χ4n) is 1.99. The van der Waals surface area contributed by atoms with Gasteiger partial charge >= 0.3 is 0 Å². The number of amides is 1. The van der Waals surface area contributed by atoms with Gasteiger partial charge in [0.2, 0.25) is 0 Å². The number of hydrogen-bond acceptors (Lipinski definition) is 9. The van der Waals surface area contributed by atoms with E-state index < -0.39 is 5.91 Å². The summed E-state index contributed by atoms with van der Waals surface area (Å²) in [4.78, 5) is 30.7. The summed E-state index contributed by atoms with van der Waals surface area (Å²) < 4.78 is 4.34. The molecule has 9 nitrogen and oxygen atoms in total. The predicted molar refractivity (Wildman–Crippen MR) is 96.8 cm³/mol. The molecule has 25 heavy (non-hydrogen) atoms. The van der Waals surface area contributed by atoms with Crippen LogP contribution in [0.3, 0.4) is 0 Å². The monoisotopic (exact) mass is 363 g/mol. The zero-order valence-electron chi connectivity index (χ0n) is 14.3. The van der Waals surface area contributed by atoms with Gasteiger partial charge in [-0.1, -0.05) is 13.8 Å². The Morgan fingerprint density at radius 2 is 2.16 bits per heavy atom. The maximum atomic E-state index is 11.6. The van der Waals surface area contributed by atoms with Gasteiger partial charge in [-0.2, -0.15) is 4.37 Å². The number of carbonyl (C=O) groups is 2. The zero-order chi connectivity index (χ0) is 18.6. The van der Waals surface area contributed by atoms with E-state index in [0.29, 0.717) is 10.8 Å². The first-order valence-electron chi connectivity index (χ1n) is 7.71. The first-order chi connectivity index (χ1) is 11.8. The topological polar surface area (TPSA) is 140 Å². The van der Waals surface area contributed by atoms with Crippen molar-refractivity contribution in [2.45, 2.75) is 39.2 Å². The molecule has 1 amide bonds. The zero-order valence-corrected chi connectivity index (χ0v) is 15.1. The van der Waals surface area contributed by atoms with Gasteiger partial charge in [-0.05, 0) is 30.4 Å². The number of nitrogens with zero attached hydrogens (tertiary/aromatic N) is 4. The van der Waals surface area contributed by atoms with Crippen LogP contribution in [0.1, 0.15) is 49.3 Å². The Bertz CT molecular complexity index is 762. The van der Waals surface area contributed by atoms with Crippen molar-refractivity contribution >= 4 is 40.4 Å². The second kappa shape index (κ2) is 7.99. The predicted octanol–water partition coefficient (Wildman–Crippen LogP) is 1.56. The number of nitrogens with two attached hydrogens (primary N) is 2. The standard InChI is InChI=1S/C15H21N7O2S/c1-8(2)10-6-12(25-21-10)20-15-13(14(16)24)18-7-11(19-15)22(17)9(3)4-5-23/h5-9H,4,17H2,1-3H3,(H2,16,24)(H,19,20)/t9-/m1/s1. The molecule has 0 aliphatic rings. The molecule has 134 valence electrons. The minimum atomic E-state index is -0.709. The first-order valence-corrected chi connectivity index (χ1v) is 8.48. The molecule has 2 rings (SSSR count). The van der Waals surface area contributed by atoms with E-state index in [0.717, 1.165) is 12.0 Å². The normalized spacial score (nSPS) is 12.0. The molecule has 1 atom stereocenters. The van der Waals surface area contributed by atoms with Gasteiger partial charge < -0.3 is 15.8 Å². The molecule has 5 N–H and O–H groups in total. The van der Waals surface area contributed by atoms with Crippen molar-refractivity contribution < 1.29 is 9.59 Å². The lowest BCUT2D eigenvalue weighted by molar-refractivity contribution is -0.108. The van der Waals surface area contributed by atoms with Crippen molar-refractivity contribution in [3.05, 3.63) is 23.7 Å². The molecule has 2 aromatic rings. The SMILES string of the molecule is CC(C)c1cc(Nc2nc(N(N)[C@H](C)CC=O)cnc2C(N)=O)sn1. The van der Waals surface area contributed by atoms with Gasteiger partial charge in [0.15, 0.2) is 17.3 Å². The van der Waals surface area contributed by atoms with Crippen molar-refractivity contribution in [1.29, 1.82) is 0 Å². The van der Waals surface area contributed by atoms with E-state index in [1.807, 2.05) is 19.9 Å². The third-order valence-corrected chi connectivity index (χ3v) is 4.25. The maximum Gasteiger partial charge on any atom is 0.271 e. The largest absolute Gasteiger partial charge is 0.364 e. The molecule has 0 fully saturated rings. The Labute approximate surface area is 149 Å². The van der Waals surface area contributed by atoms with E-state index in [-0.39, 0.29) is 29.9 Å². The van der Waals surface area contributed by atoms with Crippen LogP contribution in [0.5, 0.6) is 0 Å². The van der Waals surface area contributed by atoms with E-state index in [9.17, 15) is 9.59 Å². The molecule has 2 aromatic heterocycles. The Balaban J connectivity index is 2.34. The number of hydrazine groups is 1. The van der Waals surface area contributed by atoms with Crippen molar-refractivity contribution in [3.63, 3.8) is 0 Å². The Kier molecular flexibility index (Phi) is 5.99. The molecule has 0 saturated carbocycles. The first kappa shape index (κ1) is 18.7. The number of anilines is 3. The van der Waals surface area contributed by atoms with Crippen LogP contribution in [0.25, 0.3) is 0 Å². The summed E-state index contributed by atoms with van der Waals surface area (Å²) in [6.07, 6.45) is 2.36. The average Bonchev–Trinajstić information content (AvgIpc) is 3.03. The minimum Gasteiger partial charge on any atom is -0.364 e. The third kappa shape index (κ3) is 4.48. The lowest BCUT2D eigenvalue weighted by Gasteiger charge is -2.24. The van der Waals surface area contributed by atoms with E-state index in [2.05, 4.69) is 19.7 Å². The van der Waals surface area contributed by atoms with E-state index in [4.69, 9.17) is 11.6 Å². The van der Waals surface area contributed by atoms with Crippen molar-refractivity contribution in [2.75, 3.05) is 10.3 Å². The summed E-state index contributed by atoms with van der Waals surface area (Å²) in [6.45, 7) is 5.85. The molecular weight excluding hydrogens is 342 g/mol. The highest BCUT2D eigenvalue weighted by atomic mass is 32.1. The quantitative estimate of drug-likeness (QED) is 0.364. The molecule has 0 saturated heterocycles. The molecule has 2 heterocycles. The highest BCUT2D eigenvalue weighted by Crippen LogP contribution is 2.27. The van der Waals surface area contributed by atoms with Gasteiger partial charge in [0.1, 0.15) is 11.3 Å². The van der Waals surface area contributed by atoms with Gasteiger partial charge in [0, 0.05) is 6.42 Å². The van der Waals surface area contributed by atoms with Gasteiger partial charge in [-0.15, -0.1) is 0 Å². The lowest BCUT2D eigenvalue weighted by Crippen LogP contribution is -2.40. The fourth-order valence-corrected chi connectivity index (χ4v) is 2.77. The van der Waals surface area contributed by atoms with Crippen LogP contribution >= 0.6 is 11.5 Å². The maximum absolute atomic E-state index is 11.6. The number of hydrogen-bond donors (Lipinski definition) is 3. The number of rotatable bonds is 8. The summed E-state index contributed by atoms with van der Waals surface area (Å²) >= 11 is 1.25. The van der Waals surface area contributed by atoms with Crippen LogP contribution in [0, 0.1) is 0 Å². The summed E-state index contributed by atoms with van der Waals surface area (Å²) in [5, 5.41) is 5.06. The van der Waals surface area contributed by atoms with Crippen LogP contribution in [-0.4, -0.2) is 32.6 Å². The molecule has 0 bridgehead atoms. The minimum absolute atomic E-state index is 0.000289. The molecule has 0 unspecified atom stereocenters. The van der Waals surface area contributed by atoms with E-state index >= 15 is 0 Å². The van der Waals surface area contributed by atoms with Crippen molar-refractivity contribution in [2.24, 2.45) is 11.6 Å². The second-order valence-corrected chi connectivity index (χ2v) is 6.65. The molecule has 0 spiro atoms. The summed E-state index contributed by atoms with van der Waals surface area (Å²) in [5.41, 5.74) is 6.30. The fraction of sp³-hybridized carbons (Fsp3) is 0.400. The van der Waals surface area contributed by atoms with Crippen LogP contribution in [0.15, 0.2) is 12.3 Å². The van der Waals surface area contributed by atoms with Gasteiger partial charge in [-0.25, -0.2) is 15.8 Å². The van der Waals surface area contributed by atoms with E-state index in [1.165, 1.54) is 22.7 Å². The number of carbonyl (C=O) groups excluding carboxylic acids is 2. The number of nitrogens with one attached hydrogen (secondary N) is 1. The summed E-state index contributed by atoms with van der Waals surface area (Å²) in [7, 11) is 0. The molecule has 0 aromatic carbocycles. The van der Waals surface area contributed by atoms with Crippen LogP contribution in [0.2, 0.25) is 0 Å². The van der Waals surface area contributed by atoms with Crippen LogP contribution in [0.4, 0.5) is 16.6 Å². The Morgan fingerprint density at radius 3 is 2.72 bits per heavy atom. The third-order valence-electron chi connectivity index (χ3n) is 3.53. The molecular formula is C15H21N7O2S. The Morgan fingerprint density at radius 1 is 1.44 bits per heavy atom. The molecule has 0 radical (unpaired) electrons. The van der Waals surface area contributed by atoms with Crippen LogP contribution in [-0.2, 0) is 4.79 Å². The van der Waals surface area contributed by atoms with Gasteiger partial charge in [-0.3, -0.25) is 9.80 Å². The van der Waals surface area contributed by atoms with Gasteiger partial charge in [0.05, 0.1) is 17.9 Å². The summed E-state index contributed by atoms with van der Waals surface area (Å²) in [5.74, 6) is 6.06. The lowest BCUT2D eigenvalue weighted by atomic mass is 10.1. The smallest absolute Gasteiger partial charge is 0.271 e. The van der Waals surface area contributed by atoms with Crippen molar-refractivity contribution in [1.82, 2.24) is 14.3 Å². The second-order valence-electron chi connectivity index (χ2n) is 5.84. The Hall–Kier alpha value is -2.59. The van der Waals surface area contributed by atoms with Gasteiger partial charge in [0.25, 0.3) is 5.91 Å². The molecule has 0 aliphatic heterocycles. The number of primary amides is 1. The van der Waals surface area contributed by atoms with Crippen molar-refractivity contribution in [3.8, 4) is 0 Å². The summed E-state index contributed by atoms with van der Waals surface area (Å²) in [6, 6.07) is 1.61. The molecule has 0 aliphatic carbocycles. The van der Waals surface area contributed by atoms with Crippen LogP contribution < -0.4 is 21.9 Å². The van der Waals surface area contributed by atoms with E-state index in [1.54, 1.807) is 6.92 Å². The molecule has 10 heteroatoms. The highest BCUT2D eigenvalue weighted by molar-refractivity contribution is 7.10. The number of aromatic nitrogens is 3. The highest BCUT2D eigenvalue weighted by Gasteiger charge is 2.18. The number of aldehydes is 1. The average molecular weight is 363 g/mol.